The van der Waals surface area contributed by atoms with Gasteiger partial charge in [0.15, 0.2) is 0 Å². The molecule has 1 aliphatic rings. The van der Waals surface area contributed by atoms with Crippen LogP contribution in [0, 0.1) is 5.92 Å². The first kappa shape index (κ1) is 9.65. The summed E-state index contributed by atoms with van der Waals surface area (Å²) in [4.78, 5) is 3.96. The average molecular weight is 209 g/mol. The highest BCUT2D eigenvalue weighted by Gasteiger charge is 2.14. The molecule has 0 radical (unpaired) electrons. The van der Waals surface area contributed by atoms with Crippen molar-refractivity contribution < 1.29 is 0 Å². The average Bonchev–Trinajstić information content (AvgIpc) is 2.69. The molecule has 1 aromatic rings. The third-order valence-corrected chi connectivity index (χ3v) is 3.69. The second-order valence-corrected chi connectivity index (χ2v) is 4.72. The van der Waals surface area contributed by atoms with Gasteiger partial charge in [-0.15, -0.1) is 0 Å². The number of anilines is 2. The van der Waals surface area contributed by atoms with Crippen molar-refractivity contribution in [3.63, 3.8) is 0 Å². The van der Waals surface area contributed by atoms with E-state index < -0.39 is 0 Å². The molecule has 1 aromatic heterocycles. The molecule has 0 aromatic carbocycles. The lowest BCUT2D eigenvalue weighted by Crippen LogP contribution is -2.14. The van der Waals surface area contributed by atoms with E-state index in [1.54, 1.807) is 12.4 Å². The predicted octanol–water partition coefficient (Wildman–Crippen LogP) is 1.83. The van der Waals surface area contributed by atoms with Gasteiger partial charge >= 0.3 is 0 Å². The number of hydrogen-bond donors (Lipinski definition) is 2. The Bertz CT molecular complexity index is 297. The molecule has 1 aliphatic heterocycles. The fourth-order valence-electron chi connectivity index (χ4n) is 1.57. The van der Waals surface area contributed by atoms with Crippen LogP contribution in [0.2, 0.25) is 0 Å². The molecule has 1 atom stereocenters. The summed E-state index contributed by atoms with van der Waals surface area (Å²) in [5.74, 6) is 3.38. The van der Waals surface area contributed by atoms with Gasteiger partial charge < -0.3 is 11.1 Å². The lowest BCUT2D eigenvalue weighted by atomic mass is 10.1. The minimum Gasteiger partial charge on any atom is -0.396 e. The molecule has 2 heterocycles. The van der Waals surface area contributed by atoms with Crippen LogP contribution < -0.4 is 11.1 Å². The molecular weight excluding hydrogens is 194 g/mol. The zero-order chi connectivity index (χ0) is 9.80. The first-order valence-corrected chi connectivity index (χ1v) is 6.03. The van der Waals surface area contributed by atoms with Gasteiger partial charge in [0.1, 0.15) is 0 Å². The summed E-state index contributed by atoms with van der Waals surface area (Å²) in [5.41, 5.74) is 7.52. The van der Waals surface area contributed by atoms with Crippen LogP contribution in [-0.4, -0.2) is 23.0 Å². The normalized spacial score (nSPS) is 21.0. The van der Waals surface area contributed by atoms with Gasteiger partial charge in [-0.2, -0.15) is 11.8 Å². The first-order chi connectivity index (χ1) is 6.86. The smallest absolute Gasteiger partial charge is 0.0736 e. The summed E-state index contributed by atoms with van der Waals surface area (Å²) >= 11 is 2.04. The second kappa shape index (κ2) is 4.55. The molecule has 76 valence electrons. The number of aromatic nitrogens is 1. The Kier molecular flexibility index (Phi) is 3.14. The predicted molar refractivity (Wildman–Crippen MR) is 62.6 cm³/mol. The highest BCUT2D eigenvalue weighted by Crippen LogP contribution is 2.24. The van der Waals surface area contributed by atoms with Gasteiger partial charge in [-0.05, 0) is 29.9 Å². The first-order valence-electron chi connectivity index (χ1n) is 4.87. The quantitative estimate of drug-likeness (QED) is 0.797. The standard InChI is InChI=1S/C10H15N3S/c11-9-6-12-3-1-10(9)13-5-8-2-4-14-7-8/h1,3,6,8H,2,4-5,7,11H2,(H,12,13). The number of pyridine rings is 1. The lowest BCUT2D eigenvalue weighted by molar-refractivity contribution is 0.632. The fraction of sp³-hybridized carbons (Fsp3) is 0.500. The molecule has 1 saturated heterocycles. The summed E-state index contributed by atoms with van der Waals surface area (Å²) < 4.78 is 0. The number of nitrogens with two attached hydrogens (primary N) is 1. The van der Waals surface area contributed by atoms with E-state index in [4.69, 9.17) is 5.73 Å². The Morgan fingerprint density at radius 2 is 2.57 bits per heavy atom. The Balaban J connectivity index is 1.88. The van der Waals surface area contributed by atoms with E-state index in [2.05, 4.69) is 10.3 Å². The zero-order valence-electron chi connectivity index (χ0n) is 8.07. The fourth-order valence-corrected chi connectivity index (χ4v) is 2.85. The van der Waals surface area contributed by atoms with Crippen molar-refractivity contribution in [1.82, 2.24) is 4.98 Å². The van der Waals surface area contributed by atoms with E-state index in [1.807, 2.05) is 17.8 Å². The van der Waals surface area contributed by atoms with Gasteiger partial charge in [-0.1, -0.05) is 0 Å². The summed E-state index contributed by atoms with van der Waals surface area (Å²) in [5, 5.41) is 3.38. The van der Waals surface area contributed by atoms with Gasteiger partial charge in [-0.25, -0.2) is 0 Å². The second-order valence-electron chi connectivity index (χ2n) is 3.57. The maximum Gasteiger partial charge on any atom is 0.0736 e. The van der Waals surface area contributed by atoms with Gasteiger partial charge in [0.2, 0.25) is 0 Å². The Morgan fingerprint density at radius 3 is 3.29 bits per heavy atom. The van der Waals surface area contributed by atoms with Crippen LogP contribution >= 0.6 is 11.8 Å². The maximum atomic E-state index is 5.78. The summed E-state index contributed by atoms with van der Waals surface area (Å²) in [6.45, 7) is 1.03. The van der Waals surface area contributed by atoms with Gasteiger partial charge in [0, 0.05) is 12.7 Å². The summed E-state index contributed by atoms with van der Waals surface area (Å²) in [7, 11) is 0. The van der Waals surface area contributed by atoms with Crippen molar-refractivity contribution in [2.45, 2.75) is 6.42 Å². The van der Waals surface area contributed by atoms with Crippen LogP contribution in [0.1, 0.15) is 6.42 Å². The van der Waals surface area contributed by atoms with Crippen LogP contribution in [0.3, 0.4) is 0 Å². The van der Waals surface area contributed by atoms with Crippen LogP contribution in [0.15, 0.2) is 18.5 Å². The van der Waals surface area contributed by atoms with Gasteiger partial charge in [0.05, 0.1) is 17.6 Å². The van der Waals surface area contributed by atoms with Gasteiger partial charge in [-0.3, -0.25) is 4.98 Å². The Hall–Kier alpha value is -0.900. The van der Waals surface area contributed by atoms with Crippen molar-refractivity contribution in [3.8, 4) is 0 Å². The number of nitrogen functional groups attached to an aromatic ring is 1. The number of hydrogen-bond acceptors (Lipinski definition) is 4. The Morgan fingerprint density at radius 1 is 1.64 bits per heavy atom. The number of nitrogens with zero attached hydrogens (tertiary/aromatic N) is 1. The summed E-state index contributed by atoms with van der Waals surface area (Å²) in [6, 6.07) is 1.93. The van der Waals surface area contributed by atoms with Crippen LogP contribution in [0.25, 0.3) is 0 Å². The van der Waals surface area contributed by atoms with E-state index in [0.717, 1.165) is 23.8 Å². The highest BCUT2D eigenvalue weighted by atomic mass is 32.2. The van der Waals surface area contributed by atoms with Crippen molar-refractivity contribution in [2.24, 2.45) is 5.92 Å². The van der Waals surface area contributed by atoms with E-state index in [0.29, 0.717) is 0 Å². The summed E-state index contributed by atoms with van der Waals surface area (Å²) in [6.07, 6.45) is 4.77. The molecule has 0 spiro atoms. The third-order valence-electron chi connectivity index (χ3n) is 2.46. The third kappa shape index (κ3) is 2.32. The molecule has 0 bridgehead atoms. The SMILES string of the molecule is Nc1cnccc1NCC1CCSC1. The largest absolute Gasteiger partial charge is 0.396 e. The lowest BCUT2D eigenvalue weighted by Gasteiger charge is -2.12. The van der Waals surface area contributed by atoms with Gasteiger partial charge in [0.25, 0.3) is 0 Å². The number of thioether (sulfide) groups is 1. The molecule has 2 rings (SSSR count). The zero-order valence-corrected chi connectivity index (χ0v) is 8.89. The van der Waals surface area contributed by atoms with E-state index in [-0.39, 0.29) is 0 Å². The molecule has 0 amide bonds. The minimum atomic E-state index is 0.734. The number of nitrogens with one attached hydrogen (secondary N) is 1. The van der Waals surface area contributed by atoms with E-state index in [9.17, 15) is 0 Å². The van der Waals surface area contributed by atoms with Crippen LogP contribution in [-0.2, 0) is 0 Å². The molecule has 3 nitrogen and oxygen atoms in total. The molecule has 0 saturated carbocycles. The monoisotopic (exact) mass is 209 g/mol. The molecule has 4 heteroatoms. The molecule has 0 aliphatic carbocycles. The van der Waals surface area contributed by atoms with Crippen molar-refractivity contribution in [1.29, 1.82) is 0 Å². The highest BCUT2D eigenvalue weighted by molar-refractivity contribution is 7.99. The maximum absolute atomic E-state index is 5.78. The molecule has 1 unspecified atom stereocenters. The van der Waals surface area contributed by atoms with Crippen molar-refractivity contribution in [2.75, 3.05) is 29.1 Å². The topological polar surface area (TPSA) is 50.9 Å². The molecule has 14 heavy (non-hydrogen) atoms. The number of rotatable bonds is 3. The molecule has 1 fully saturated rings. The molecule has 3 N–H and O–H groups in total. The van der Waals surface area contributed by atoms with Crippen LogP contribution in [0.4, 0.5) is 11.4 Å². The van der Waals surface area contributed by atoms with E-state index in [1.165, 1.54) is 17.9 Å². The van der Waals surface area contributed by atoms with Crippen molar-refractivity contribution >= 4 is 23.1 Å². The molecular formula is C10H15N3S. The van der Waals surface area contributed by atoms with E-state index >= 15 is 0 Å². The minimum absolute atomic E-state index is 0.734. The Labute approximate surface area is 88.5 Å². The van der Waals surface area contributed by atoms with Crippen LogP contribution in [0.5, 0.6) is 0 Å². The van der Waals surface area contributed by atoms with Crippen molar-refractivity contribution in [3.05, 3.63) is 18.5 Å².